The number of nitrogens with one attached hydrogen (secondary N) is 2. The Kier molecular flexibility index (Phi) is 4.36. The molecule has 2 N–H and O–H groups in total. The predicted octanol–water partition coefficient (Wildman–Crippen LogP) is 0.750. The van der Waals surface area contributed by atoms with Crippen molar-refractivity contribution in [1.29, 1.82) is 0 Å². The fourth-order valence-electron chi connectivity index (χ4n) is 2.39. The molecule has 0 saturated carbocycles. The minimum Gasteiger partial charge on any atom is -0.462 e. The van der Waals surface area contributed by atoms with Gasteiger partial charge in [-0.15, -0.1) is 5.10 Å². The van der Waals surface area contributed by atoms with Crippen molar-refractivity contribution in [1.82, 2.24) is 29.8 Å². The van der Waals surface area contributed by atoms with Gasteiger partial charge in [0.05, 0.1) is 6.61 Å². The number of aryl methyl sites for hydroxylation is 3. The number of fused-ring (bicyclic) bond motifs is 1. The highest BCUT2D eigenvalue weighted by atomic mass is 32.2. The van der Waals surface area contributed by atoms with E-state index in [9.17, 15) is 13.2 Å². The number of hydrogen-bond acceptors (Lipinski definition) is 8. The molecule has 0 fully saturated rings. The number of anilines is 1. The maximum absolute atomic E-state index is 12.6. The van der Waals surface area contributed by atoms with Crippen LogP contribution in [0.2, 0.25) is 0 Å². The van der Waals surface area contributed by atoms with Gasteiger partial charge in [-0.2, -0.15) is 18.5 Å². The topological polar surface area (TPSA) is 144 Å². The van der Waals surface area contributed by atoms with Crippen molar-refractivity contribution in [2.45, 2.75) is 32.9 Å². The summed E-state index contributed by atoms with van der Waals surface area (Å²) in [7, 11) is -4.19. The number of carbonyl (C=O) groups is 1. The van der Waals surface area contributed by atoms with Gasteiger partial charge in [0.15, 0.2) is 5.82 Å². The standard InChI is InChI=1S/C14H17N7O4S/c1-5-25-12(22)10-9(4)17-18-11(10)20-26(23,24)14-16-13-15-7(2)6-8(3)21(13)19-14/h6H,5H2,1-4H3,(H2,17,18,20). The SMILES string of the molecule is CCOC(=O)c1c(NS(=O)(=O)c2nc3nc(C)cc(C)n3n2)n[nH]c1C. The van der Waals surface area contributed by atoms with Gasteiger partial charge in [0, 0.05) is 17.1 Å². The molecule has 0 unspecified atom stereocenters. The van der Waals surface area contributed by atoms with Crippen molar-refractivity contribution in [3.63, 3.8) is 0 Å². The quantitative estimate of drug-likeness (QED) is 0.618. The maximum Gasteiger partial charge on any atom is 0.343 e. The van der Waals surface area contributed by atoms with E-state index in [4.69, 9.17) is 4.74 Å². The molecule has 0 saturated heterocycles. The average molecular weight is 379 g/mol. The molecule has 0 amide bonds. The lowest BCUT2D eigenvalue weighted by Crippen LogP contribution is -2.18. The minimum atomic E-state index is -4.19. The number of ether oxygens (including phenoxy) is 1. The number of aromatic amines is 1. The van der Waals surface area contributed by atoms with Gasteiger partial charge in [-0.25, -0.2) is 14.3 Å². The smallest absolute Gasteiger partial charge is 0.343 e. The van der Waals surface area contributed by atoms with Crippen molar-refractivity contribution in [2.24, 2.45) is 0 Å². The summed E-state index contributed by atoms with van der Waals surface area (Å²) in [5, 5.41) is 9.88. The van der Waals surface area contributed by atoms with Crippen molar-refractivity contribution in [2.75, 3.05) is 11.3 Å². The number of rotatable bonds is 5. The van der Waals surface area contributed by atoms with Gasteiger partial charge in [-0.1, -0.05) is 0 Å². The highest BCUT2D eigenvalue weighted by molar-refractivity contribution is 7.92. The van der Waals surface area contributed by atoms with E-state index in [-0.39, 0.29) is 23.8 Å². The van der Waals surface area contributed by atoms with E-state index in [2.05, 4.69) is 30.0 Å². The monoisotopic (exact) mass is 379 g/mol. The third-order valence-electron chi connectivity index (χ3n) is 3.50. The second kappa shape index (κ2) is 6.37. The number of carbonyl (C=O) groups excluding carboxylic acids is 1. The summed E-state index contributed by atoms with van der Waals surface area (Å²) >= 11 is 0. The molecule has 0 radical (unpaired) electrons. The molecule has 0 aromatic carbocycles. The first kappa shape index (κ1) is 17.8. The lowest BCUT2D eigenvalue weighted by atomic mass is 10.2. The van der Waals surface area contributed by atoms with Crippen molar-refractivity contribution in [3.8, 4) is 0 Å². The first-order valence-electron chi connectivity index (χ1n) is 7.69. The van der Waals surface area contributed by atoms with Crippen LogP contribution in [-0.2, 0) is 14.8 Å². The van der Waals surface area contributed by atoms with Crippen molar-refractivity contribution < 1.29 is 17.9 Å². The van der Waals surface area contributed by atoms with Crippen LogP contribution in [0.5, 0.6) is 0 Å². The fourth-order valence-corrected chi connectivity index (χ4v) is 3.28. The molecule has 0 spiro atoms. The Bertz CT molecular complexity index is 1100. The molecule has 3 rings (SSSR count). The van der Waals surface area contributed by atoms with Gasteiger partial charge in [-0.3, -0.25) is 9.82 Å². The van der Waals surface area contributed by atoms with Crippen LogP contribution >= 0.6 is 0 Å². The Hall–Kier alpha value is -3.02. The lowest BCUT2D eigenvalue weighted by Gasteiger charge is -2.05. The fraction of sp³-hybridized carbons (Fsp3) is 0.357. The van der Waals surface area contributed by atoms with Crippen LogP contribution in [0.25, 0.3) is 5.78 Å². The second-order valence-corrected chi connectivity index (χ2v) is 7.12. The summed E-state index contributed by atoms with van der Waals surface area (Å²) in [4.78, 5) is 20.1. The van der Waals surface area contributed by atoms with E-state index in [0.29, 0.717) is 17.1 Å². The van der Waals surface area contributed by atoms with Crippen LogP contribution in [0, 0.1) is 20.8 Å². The third kappa shape index (κ3) is 3.10. The van der Waals surface area contributed by atoms with Crippen LogP contribution in [0.1, 0.15) is 34.4 Å². The van der Waals surface area contributed by atoms with Gasteiger partial charge in [0.1, 0.15) is 5.56 Å². The molecule has 26 heavy (non-hydrogen) atoms. The zero-order valence-corrected chi connectivity index (χ0v) is 15.4. The van der Waals surface area contributed by atoms with Crippen LogP contribution in [-0.4, -0.2) is 50.8 Å². The normalized spacial score (nSPS) is 11.7. The van der Waals surface area contributed by atoms with E-state index >= 15 is 0 Å². The number of aromatic nitrogens is 6. The maximum atomic E-state index is 12.6. The summed E-state index contributed by atoms with van der Waals surface area (Å²) < 4.78 is 33.7. The number of esters is 1. The van der Waals surface area contributed by atoms with Gasteiger partial charge < -0.3 is 4.74 Å². The van der Waals surface area contributed by atoms with E-state index in [1.165, 1.54) is 4.52 Å². The Labute approximate surface area is 148 Å². The van der Waals surface area contributed by atoms with Crippen LogP contribution in [0.4, 0.5) is 5.82 Å². The lowest BCUT2D eigenvalue weighted by molar-refractivity contribution is 0.0527. The van der Waals surface area contributed by atoms with Crippen molar-refractivity contribution in [3.05, 3.63) is 28.7 Å². The summed E-state index contributed by atoms with van der Waals surface area (Å²) in [5.41, 5.74) is 1.75. The van der Waals surface area contributed by atoms with E-state index in [0.717, 1.165) is 0 Å². The number of nitrogens with zero attached hydrogens (tertiary/aromatic N) is 5. The molecule has 0 bridgehead atoms. The van der Waals surface area contributed by atoms with Crippen molar-refractivity contribution >= 4 is 27.6 Å². The molecule has 0 aliphatic carbocycles. The molecular weight excluding hydrogens is 362 g/mol. The second-order valence-electron chi connectivity index (χ2n) is 5.54. The Morgan fingerprint density at radius 1 is 1.31 bits per heavy atom. The number of hydrogen-bond donors (Lipinski definition) is 2. The third-order valence-corrected chi connectivity index (χ3v) is 4.61. The summed E-state index contributed by atoms with van der Waals surface area (Å²) in [5.74, 6) is -0.708. The molecule has 11 nitrogen and oxygen atoms in total. The van der Waals surface area contributed by atoms with Gasteiger partial charge in [0.2, 0.25) is 0 Å². The first-order chi connectivity index (χ1) is 12.2. The first-order valence-corrected chi connectivity index (χ1v) is 9.17. The largest absolute Gasteiger partial charge is 0.462 e. The molecule has 0 aliphatic rings. The van der Waals surface area contributed by atoms with E-state index < -0.39 is 21.1 Å². The summed E-state index contributed by atoms with van der Waals surface area (Å²) in [6.07, 6.45) is 0. The van der Waals surface area contributed by atoms with Gasteiger partial charge in [-0.05, 0) is 33.8 Å². The van der Waals surface area contributed by atoms with Crippen LogP contribution in [0.15, 0.2) is 11.2 Å². The van der Waals surface area contributed by atoms with Crippen LogP contribution < -0.4 is 4.72 Å². The highest BCUT2D eigenvalue weighted by Crippen LogP contribution is 2.20. The molecule has 3 heterocycles. The highest BCUT2D eigenvalue weighted by Gasteiger charge is 2.27. The van der Waals surface area contributed by atoms with E-state index in [1.807, 2.05) is 0 Å². The number of sulfonamides is 1. The molecule has 3 aromatic heterocycles. The Balaban J connectivity index is 2.00. The zero-order valence-electron chi connectivity index (χ0n) is 14.6. The summed E-state index contributed by atoms with van der Waals surface area (Å²) in [6, 6.07) is 1.75. The number of H-pyrrole nitrogens is 1. The molecular formula is C14H17N7O4S. The van der Waals surface area contributed by atoms with E-state index in [1.54, 1.807) is 33.8 Å². The molecule has 12 heteroatoms. The Morgan fingerprint density at radius 2 is 2.04 bits per heavy atom. The molecule has 0 atom stereocenters. The minimum absolute atomic E-state index is 0.00402. The zero-order chi connectivity index (χ0) is 19.1. The van der Waals surface area contributed by atoms with Gasteiger partial charge in [0.25, 0.3) is 10.9 Å². The molecule has 3 aromatic rings. The van der Waals surface area contributed by atoms with Gasteiger partial charge >= 0.3 is 16.0 Å². The van der Waals surface area contributed by atoms with Crippen LogP contribution in [0.3, 0.4) is 0 Å². The molecule has 138 valence electrons. The summed E-state index contributed by atoms with van der Waals surface area (Å²) in [6.45, 7) is 6.90. The Morgan fingerprint density at radius 3 is 2.73 bits per heavy atom. The molecule has 0 aliphatic heterocycles. The predicted molar refractivity (Wildman–Crippen MR) is 90.3 cm³/mol. The average Bonchev–Trinajstić information content (AvgIpc) is 3.11.